The van der Waals surface area contributed by atoms with Crippen LogP contribution in [0.4, 0.5) is 0 Å². The Morgan fingerprint density at radius 2 is 1.62 bits per heavy atom. The van der Waals surface area contributed by atoms with E-state index in [0.29, 0.717) is 19.4 Å². The summed E-state index contributed by atoms with van der Waals surface area (Å²) in [5.41, 5.74) is 3.35. The lowest BCUT2D eigenvalue weighted by atomic mass is 10.0. The highest BCUT2D eigenvalue weighted by molar-refractivity contribution is 5.89. The van der Waals surface area contributed by atoms with Crippen LogP contribution in [0.25, 0.3) is 10.8 Å². The number of rotatable bonds is 9. The van der Waals surface area contributed by atoms with Crippen molar-refractivity contribution in [1.82, 2.24) is 10.2 Å². The van der Waals surface area contributed by atoms with Crippen LogP contribution in [0.15, 0.2) is 66.7 Å². The summed E-state index contributed by atoms with van der Waals surface area (Å²) in [4.78, 5) is 27.9. The molecule has 4 heteroatoms. The van der Waals surface area contributed by atoms with Gasteiger partial charge in [0.2, 0.25) is 11.8 Å². The lowest BCUT2D eigenvalue weighted by Gasteiger charge is -2.30. The fourth-order valence-electron chi connectivity index (χ4n) is 3.83. The number of hydrogen-bond acceptors (Lipinski definition) is 2. The molecule has 0 spiro atoms. The van der Waals surface area contributed by atoms with Gasteiger partial charge < -0.3 is 10.2 Å². The molecule has 0 aliphatic carbocycles. The van der Waals surface area contributed by atoms with Gasteiger partial charge >= 0.3 is 0 Å². The van der Waals surface area contributed by atoms with Crippen molar-refractivity contribution in [3.8, 4) is 0 Å². The van der Waals surface area contributed by atoms with Crippen molar-refractivity contribution in [2.75, 3.05) is 0 Å². The Hall–Kier alpha value is -3.14. The van der Waals surface area contributed by atoms with Crippen LogP contribution in [-0.2, 0) is 22.6 Å². The number of carbonyl (C=O) groups is 2. The molecule has 0 saturated carbocycles. The lowest BCUT2D eigenvalue weighted by molar-refractivity contribution is -0.140. The molecule has 2 amide bonds. The molecule has 168 valence electrons. The highest BCUT2D eigenvalue weighted by Gasteiger charge is 2.26. The van der Waals surface area contributed by atoms with Crippen LogP contribution in [0.1, 0.15) is 50.3 Å². The number of nitrogens with zero attached hydrogens (tertiary/aromatic N) is 1. The second-order valence-corrected chi connectivity index (χ2v) is 8.64. The third-order valence-electron chi connectivity index (χ3n) is 6.13. The Bertz CT molecular complexity index is 1050. The summed E-state index contributed by atoms with van der Waals surface area (Å²) in [7, 11) is 0. The zero-order valence-corrected chi connectivity index (χ0v) is 19.6. The van der Waals surface area contributed by atoms with Crippen molar-refractivity contribution in [3.63, 3.8) is 0 Å². The fourth-order valence-corrected chi connectivity index (χ4v) is 3.83. The molecule has 0 aliphatic rings. The van der Waals surface area contributed by atoms with Crippen molar-refractivity contribution in [2.24, 2.45) is 0 Å². The molecule has 0 radical (unpaired) electrons. The van der Waals surface area contributed by atoms with Crippen LogP contribution in [-0.4, -0.2) is 28.8 Å². The van der Waals surface area contributed by atoms with E-state index in [1.807, 2.05) is 70.2 Å². The number of fused-ring (bicyclic) bond motifs is 1. The number of benzene rings is 3. The first-order chi connectivity index (χ1) is 15.4. The minimum atomic E-state index is -0.537. The highest BCUT2D eigenvalue weighted by atomic mass is 16.2. The second kappa shape index (κ2) is 10.9. The number of aryl methyl sites for hydroxylation is 2. The van der Waals surface area contributed by atoms with E-state index in [4.69, 9.17) is 0 Å². The average Bonchev–Trinajstić information content (AvgIpc) is 2.81. The van der Waals surface area contributed by atoms with Crippen LogP contribution in [0.2, 0.25) is 0 Å². The number of amides is 2. The monoisotopic (exact) mass is 430 g/mol. The van der Waals surface area contributed by atoms with E-state index in [1.54, 1.807) is 4.90 Å². The Morgan fingerprint density at radius 1 is 0.938 bits per heavy atom. The van der Waals surface area contributed by atoms with Gasteiger partial charge in [-0.1, -0.05) is 79.2 Å². The SMILES string of the molecule is CC[C@H](C)NC(=O)[C@H](C)N(Cc1ccc(C)cc1)C(=O)CCc1cccc2ccccc12. The summed E-state index contributed by atoms with van der Waals surface area (Å²) in [6.45, 7) is 8.30. The zero-order chi connectivity index (χ0) is 23.1. The first-order valence-electron chi connectivity index (χ1n) is 11.5. The van der Waals surface area contributed by atoms with Gasteiger partial charge in [-0.15, -0.1) is 0 Å². The zero-order valence-electron chi connectivity index (χ0n) is 19.6. The molecular weight excluding hydrogens is 396 g/mol. The standard InChI is InChI=1S/C28H34N2O2/c1-5-21(3)29-28(32)22(4)30(19-23-15-13-20(2)14-16-23)27(31)18-17-25-11-8-10-24-9-6-7-12-26(24)25/h6-16,21-22H,5,17-19H2,1-4H3,(H,29,32)/t21-,22-/m0/s1. The minimum absolute atomic E-state index is 0.00897. The van der Waals surface area contributed by atoms with E-state index in [0.717, 1.165) is 17.5 Å². The van der Waals surface area contributed by atoms with E-state index in [2.05, 4.69) is 29.6 Å². The predicted molar refractivity (Wildman–Crippen MR) is 131 cm³/mol. The molecular formula is C28H34N2O2. The van der Waals surface area contributed by atoms with E-state index < -0.39 is 6.04 Å². The average molecular weight is 431 g/mol. The van der Waals surface area contributed by atoms with Gasteiger partial charge in [0, 0.05) is 19.0 Å². The maximum Gasteiger partial charge on any atom is 0.242 e. The van der Waals surface area contributed by atoms with Crippen molar-refractivity contribution < 1.29 is 9.59 Å². The van der Waals surface area contributed by atoms with Gasteiger partial charge in [-0.2, -0.15) is 0 Å². The van der Waals surface area contributed by atoms with Gasteiger partial charge in [0.1, 0.15) is 6.04 Å². The molecule has 32 heavy (non-hydrogen) atoms. The van der Waals surface area contributed by atoms with Crippen LogP contribution >= 0.6 is 0 Å². The molecule has 0 aliphatic heterocycles. The molecule has 0 aromatic heterocycles. The second-order valence-electron chi connectivity index (χ2n) is 8.64. The quantitative estimate of drug-likeness (QED) is 0.493. The molecule has 0 fully saturated rings. The molecule has 3 aromatic carbocycles. The van der Waals surface area contributed by atoms with Crippen molar-refractivity contribution in [3.05, 3.63) is 83.4 Å². The smallest absolute Gasteiger partial charge is 0.242 e. The fraction of sp³-hybridized carbons (Fsp3) is 0.357. The normalized spacial score (nSPS) is 12.9. The highest BCUT2D eigenvalue weighted by Crippen LogP contribution is 2.21. The van der Waals surface area contributed by atoms with Gasteiger partial charge in [0.25, 0.3) is 0 Å². The van der Waals surface area contributed by atoms with Crippen molar-refractivity contribution >= 4 is 22.6 Å². The first kappa shape index (κ1) is 23.5. The summed E-state index contributed by atoms with van der Waals surface area (Å²) < 4.78 is 0. The van der Waals surface area contributed by atoms with Crippen molar-refractivity contribution in [2.45, 2.75) is 65.6 Å². The van der Waals surface area contributed by atoms with E-state index in [9.17, 15) is 9.59 Å². The van der Waals surface area contributed by atoms with Crippen molar-refractivity contribution in [1.29, 1.82) is 0 Å². The van der Waals surface area contributed by atoms with E-state index in [-0.39, 0.29) is 17.9 Å². The first-order valence-corrected chi connectivity index (χ1v) is 11.5. The third-order valence-corrected chi connectivity index (χ3v) is 6.13. The summed E-state index contributed by atoms with van der Waals surface area (Å²) >= 11 is 0. The lowest BCUT2D eigenvalue weighted by Crippen LogP contribution is -2.49. The summed E-state index contributed by atoms with van der Waals surface area (Å²) in [5, 5.41) is 5.38. The molecule has 0 bridgehead atoms. The number of hydrogen-bond donors (Lipinski definition) is 1. The molecule has 4 nitrogen and oxygen atoms in total. The molecule has 0 saturated heterocycles. The Kier molecular flexibility index (Phi) is 8.04. The minimum Gasteiger partial charge on any atom is -0.352 e. The molecule has 3 rings (SSSR count). The molecule has 3 aromatic rings. The Balaban J connectivity index is 1.78. The van der Waals surface area contributed by atoms with Gasteiger partial charge in [-0.3, -0.25) is 9.59 Å². The van der Waals surface area contributed by atoms with Gasteiger partial charge in [-0.05, 0) is 55.5 Å². The van der Waals surface area contributed by atoms with Crippen LogP contribution in [0.5, 0.6) is 0 Å². The third kappa shape index (κ3) is 5.97. The predicted octanol–water partition coefficient (Wildman–Crippen LogP) is 5.41. The van der Waals surface area contributed by atoms with Crippen LogP contribution in [0, 0.1) is 6.92 Å². The molecule has 1 N–H and O–H groups in total. The van der Waals surface area contributed by atoms with Crippen LogP contribution < -0.4 is 5.32 Å². The molecule has 0 heterocycles. The van der Waals surface area contributed by atoms with Gasteiger partial charge in [0.05, 0.1) is 0 Å². The Morgan fingerprint density at radius 3 is 2.34 bits per heavy atom. The number of nitrogens with one attached hydrogen (secondary N) is 1. The maximum absolute atomic E-state index is 13.4. The van der Waals surface area contributed by atoms with Gasteiger partial charge in [-0.25, -0.2) is 0 Å². The summed E-state index contributed by atoms with van der Waals surface area (Å²) in [5.74, 6) is -0.115. The van der Waals surface area contributed by atoms with Gasteiger partial charge in [0.15, 0.2) is 0 Å². The summed E-state index contributed by atoms with van der Waals surface area (Å²) in [6, 6.07) is 22.1. The van der Waals surface area contributed by atoms with E-state index >= 15 is 0 Å². The molecule has 0 unspecified atom stereocenters. The molecule has 2 atom stereocenters. The summed E-state index contributed by atoms with van der Waals surface area (Å²) in [6.07, 6.45) is 1.86. The van der Waals surface area contributed by atoms with Crippen LogP contribution in [0.3, 0.4) is 0 Å². The topological polar surface area (TPSA) is 49.4 Å². The maximum atomic E-state index is 13.4. The van der Waals surface area contributed by atoms with E-state index in [1.165, 1.54) is 16.3 Å². The number of carbonyl (C=O) groups excluding carboxylic acids is 2. The Labute approximate surface area is 191 Å². The largest absolute Gasteiger partial charge is 0.352 e.